The first-order valence-corrected chi connectivity index (χ1v) is 5.75. The van der Waals surface area contributed by atoms with Crippen LogP contribution in [0.2, 0.25) is 0 Å². The van der Waals surface area contributed by atoms with Gasteiger partial charge in [0.05, 0.1) is 18.6 Å². The molecule has 1 aromatic rings. The van der Waals surface area contributed by atoms with Gasteiger partial charge < -0.3 is 10.1 Å². The van der Waals surface area contributed by atoms with Crippen molar-refractivity contribution >= 4 is 11.9 Å². The van der Waals surface area contributed by atoms with E-state index in [2.05, 4.69) is 5.32 Å². The maximum absolute atomic E-state index is 13.5. The number of hydrogen-bond donors (Lipinski definition) is 1. The standard InChI is InChI=1S/C13H16FNO3/c1-3-18-11(16)7-8-15-13(17)12-9(2)5-4-6-10(12)14/h4-6H,3,7-8H2,1-2H3,(H,15,17). The van der Waals surface area contributed by atoms with Crippen LogP contribution in [0, 0.1) is 12.7 Å². The van der Waals surface area contributed by atoms with Gasteiger partial charge in [-0.2, -0.15) is 0 Å². The predicted molar refractivity (Wildman–Crippen MR) is 64.7 cm³/mol. The SMILES string of the molecule is CCOC(=O)CCNC(=O)c1c(C)cccc1F. The average Bonchev–Trinajstić information content (AvgIpc) is 2.29. The Labute approximate surface area is 105 Å². The lowest BCUT2D eigenvalue weighted by molar-refractivity contribution is -0.142. The fraction of sp³-hybridized carbons (Fsp3) is 0.385. The summed E-state index contributed by atoms with van der Waals surface area (Å²) in [6.45, 7) is 3.80. The van der Waals surface area contributed by atoms with E-state index in [9.17, 15) is 14.0 Å². The molecule has 0 aliphatic carbocycles. The van der Waals surface area contributed by atoms with Crippen LogP contribution < -0.4 is 5.32 Å². The van der Waals surface area contributed by atoms with Crippen LogP contribution in [0.3, 0.4) is 0 Å². The average molecular weight is 253 g/mol. The lowest BCUT2D eigenvalue weighted by Gasteiger charge is -2.08. The van der Waals surface area contributed by atoms with Crippen molar-refractivity contribution < 1.29 is 18.7 Å². The van der Waals surface area contributed by atoms with Crippen LogP contribution in [-0.2, 0) is 9.53 Å². The molecular weight excluding hydrogens is 237 g/mol. The zero-order valence-electron chi connectivity index (χ0n) is 10.5. The van der Waals surface area contributed by atoms with Crippen LogP contribution in [0.1, 0.15) is 29.3 Å². The molecule has 0 aromatic heterocycles. The Hall–Kier alpha value is -1.91. The minimum Gasteiger partial charge on any atom is -0.466 e. The van der Waals surface area contributed by atoms with E-state index in [1.165, 1.54) is 6.07 Å². The van der Waals surface area contributed by atoms with Crippen molar-refractivity contribution in [3.8, 4) is 0 Å². The number of hydrogen-bond acceptors (Lipinski definition) is 3. The Balaban J connectivity index is 2.53. The van der Waals surface area contributed by atoms with Gasteiger partial charge in [0, 0.05) is 6.54 Å². The van der Waals surface area contributed by atoms with E-state index in [1.807, 2.05) is 0 Å². The predicted octanol–water partition coefficient (Wildman–Crippen LogP) is 1.82. The van der Waals surface area contributed by atoms with Gasteiger partial charge in [-0.3, -0.25) is 9.59 Å². The van der Waals surface area contributed by atoms with Crippen molar-refractivity contribution in [1.29, 1.82) is 0 Å². The van der Waals surface area contributed by atoms with Crippen molar-refractivity contribution in [3.05, 3.63) is 35.1 Å². The summed E-state index contributed by atoms with van der Waals surface area (Å²) in [5.41, 5.74) is 0.574. The van der Waals surface area contributed by atoms with E-state index in [0.29, 0.717) is 12.2 Å². The first-order chi connectivity index (χ1) is 8.56. The third-order valence-electron chi connectivity index (χ3n) is 2.37. The summed E-state index contributed by atoms with van der Waals surface area (Å²) in [6, 6.07) is 4.43. The maximum atomic E-state index is 13.5. The van der Waals surface area contributed by atoms with Gasteiger partial charge in [-0.05, 0) is 25.5 Å². The fourth-order valence-corrected chi connectivity index (χ4v) is 1.52. The molecule has 1 amide bonds. The van der Waals surface area contributed by atoms with Gasteiger partial charge in [0.1, 0.15) is 5.82 Å². The summed E-state index contributed by atoms with van der Waals surface area (Å²) in [4.78, 5) is 22.8. The summed E-state index contributed by atoms with van der Waals surface area (Å²) in [7, 11) is 0. The second kappa shape index (κ2) is 6.74. The number of aryl methyl sites for hydroxylation is 1. The molecule has 0 saturated carbocycles. The summed E-state index contributed by atoms with van der Waals surface area (Å²) in [6.07, 6.45) is 0.0765. The van der Waals surface area contributed by atoms with Gasteiger partial charge in [-0.1, -0.05) is 12.1 Å². The molecule has 0 fully saturated rings. The van der Waals surface area contributed by atoms with E-state index in [1.54, 1.807) is 26.0 Å². The Morgan fingerprint density at radius 3 is 2.72 bits per heavy atom. The van der Waals surface area contributed by atoms with E-state index in [4.69, 9.17) is 4.74 Å². The second-order valence-corrected chi connectivity index (χ2v) is 3.74. The molecule has 0 heterocycles. The minimum absolute atomic E-state index is 0.0151. The van der Waals surface area contributed by atoms with E-state index in [-0.39, 0.29) is 24.5 Å². The number of rotatable bonds is 5. The lowest BCUT2D eigenvalue weighted by Crippen LogP contribution is -2.28. The molecule has 18 heavy (non-hydrogen) atoms. The number of carbonyl (C=O) groups is 2. The number of carbonyl (C=O) groups excluding carboxylic acids is 2. The molecule has 98 valence electrons. The number of nitrogens with one attached hydrogen (secondary N) is 1. The van der Waals surface area contributed by atoms with Gasteiger partial charge >= 0.3 is 5.97 Å². The molecule has 5 heteroatoms. The van der Waals surface area contributed by atoms with Gasteiger partial charge in [0.15, 0.2) is 0 Å². The Morgan fingerprint density at radius 1 is 1.39 bits per heavy atom. The van der Waals surface area contributed by atoms with Crippen LogP contribution in [0.4, 0.5) is 4.39 Å². The number of esters is 1. The van der Waals surface area contributed by atoms with Gasteiger partial charge in [0.25, 0.3) is 5.91 Å². The molecule has 0 aliphatic heterocycles. The fourth-order valence-electron chi connectivity index (χ4n) is 1.52. The van der Waals surface area contributed by atoms with Crippen LogP contribution in [0.5, 0.6) is 0 Å². The Kier molecular flexibility index (Phi) is 5.30. The van der Waals surface area contributed by atoms with Crippen LogP contribution in [-0.4, -0.2) is 25.0 Å². The highest BCUT2D eigenvalue weighted by molar-refractivity contribution is 5.96. The topological polar surface area (TPSA) is 55.4 Å². The molecule has 0 unspecified atom stereocenters. The number of amides is 1. The summed E-state index contributed by atoms with van der Waals surface area (Å²) >= 11 is 0. The monoisotopic (exact) mass is 253 g/mol. The highest BCUT2D eigenvalue weighted by atomic mass is 19.1. The first-order valence-electron chi connectivity index (χ1n) is 5.75. The van der Waals surface area contributed by atoms with Crippen LogP contribution in [0.25, 0.3) is 0 Å². The number of halogens is 1. The van der Waals surface area contributed by atoms with Gasteiger partial charge in [-0.15, -0.1) is 0 Å². The van der Waals surface area contributed by atoms with Crippen molar-refractivity contribution in [2.75, 3.05) is 13.2 Å². The molecule has 4 nitrogen and oxygen atoms in total. The summed E-state index contributed by atoms with van der Waals surface area (Å²) < 4.78 is 18.2. The Bertz CT molecular complexity index is 426. The zero-order chi connectivity index (χ0) is 13.5. The lowest BCUT2D eigenvalue weighted by atomic mass is 10.1. The zero-order valence-corrected chi connectivity index (χ0v) is 10.5. The molecule has 1 rings (SSSR count). The van der Waals surface area contributed by atoms with E-state index in [0.717, 1.165) is 0 Å². The summed E-state index contributed by atoms with van der Waals surface area (Å²) in [5, 5.41) is 2.49. The molecular formula is C13H16FNO3. The largest absolute Gasteiger partial charge is 0.466 e. The molecule has 0 saturated heterocycles. The molecule has 0 atom stereocenters. The van der Waals surface area contributed by atoms with Crippen molar-refractivity contribution in [2.45, 2.75) is 20.3 Å². The molecule has 0 spiro atoms. The Morgan fingerprint density at radius 2 is 2.11 bits per heavy atom. The second-order valence-electron chi connectivity index (χ2n) is 3.74. The summed E-state index contributed by atoms with van der Waals surface area (Å²) in [5.74, 6) is -1.47. The highest BCUT2D eigenvalue weighted by Gasteiger charge is 2.14. The van der Waals surface area contributed by atoms with Crippen LogP contribution in [0.15, 0.2) is 18.2 Å². The number of ether oxygens (including phenoxy) is 1. The van der Waals surface area contributed by atoms with Gasteiger partial charge in [-0.25, -0.2) is 4.39 Å². The van der Waals surface area contributed by atoms with Crippen molar-refractivity contribution in [1.82, 2.24) is 5.32 Å². The van der Waals surface area contributed by atoms with Crippen LogP contribution >= 0.6 is 0 Å². The quantitative estimate of drug-likeness (QED) is 0.814. The number of benzene rings is 1. The molecule has 1 N–H and O–H groups in total. The molecule has 0 aliphatic rings. The normalized spacial score (nSPS) is 9.94. The van der Waals surface area contributed by atoms with Gasteiger partial charge in [0.2, 0.25) is 0 Å². The van der Waals surface area contributed by atoms with Crippen molar-refractivity contribution in [3.63, 3.8) is 0 Å². The smallest absolute Gasteiger partial charge is 0.307 e. The minimum atomic E-state index is -0.566. The maximum Gasteiger partial charge on any atom is 0.307 e. The molecule has 1 aromatic carbocycles. The third-order valence-corrected chi connectivity index (χ3v) is 2.37. The first kappa shape index (κ1) is 14.2. The van der Waals surface area contributed by atoms with E-state index >= 15 is 0 Å². The highest BCUT2D eigenvalue weighted by Crippen LogP contribution is 2.12. The third kappa shape index (κ3) is 3.84. The van der Waals surface area contributed by atoms with E-state index < -0.39 is 11.7 Å². The van der Waals surface area contributed by atoms with Crippen molar-refractivity contribution in [2.24, 2.45) is 0 Å². The molecule has 0 radical (unpaired) electrons. The molecule has 0 bridgehead atoms.